The van der Waals surface area contributed by atoms with Gasteiger partial charge in [-0.3, -0.25) is 19.5 Å². The van der Waals surface area contributed by atoms with Gasteiger partial charge in [0.15, 0.2) is 11.0 Å². The topological polar surface area (TPSA) is 91.0 Å². The number of carbonyl (C=O) groups is 2. The van der Waals surface area contributed by atoms with Gasteiger partial charge < -0.3 is 9.30 Å². The lowest BCUT2D eigenvalue weighted by molar-refractivity contribution is -0.117. The third-order valence-corrected chi connectivity index (χ3v) is 6.46. The van der Waals surface area contributed by atoms with Crippen LogP contribution < -0.4 is 5.32 Å². The summed E-state index contributed by atoms with van der Waals surface area (Å²) in [6.07, 6.45) is 3.93. The average molecular weight is 432 g/mol. The third kappa shape index (κ3) is 4.60. The molecule has 3 aromatic heterocycles. The van der Waals surface area contributed by atoms with Crippen LogP contribution in [0.3, 0.4) is 0 Å². The monoisotopic (exact) mass is 431 g/mol. The highest BCUT2D eigenvalue weighted by Gasteiger charge is 2.23. The summed E-state index contributed by atoms with van der Waals surface area (Å²) >= 11 is 2.86. The van der Waals surface area contributed by atoms with E-state index in [0.29, 0.717) is 17.4 Å². The summed E-state index contributed by atoms with van der Waals surface area (Å²) in [6, 6.07) is 7.40. The molecule has 152 valence electrons. The summed E-state index contributed by atoms with van der Waals surface area (Å²) < 4.78 is 9.46. The van der Waals surface area contributed by atoms with Crippen LogP contribution in [0.15, 0.2) is 41.0 Å². The van der Waals surface area contributed by atoms with Gasteiger partial charge in [-0.1, -0.05) is 17.8 Å². The molecule has 0 spiro atoms. The second-order valence-electron chi connectivity index (χ2n) is 6.70. The molecular weight excluding hydrogens is 410 g/mol. The molecule has 1 saturated heterocycles. The van der Waals surface area contributed by atoms with Crippen LogP contribution in [0.4, 0.5) is 0 Å². The SMILES string of the molecule is Cn1cccc1C(=O)NC(=O)CSc1nnc(-c2cccs2)n1C[C@H]1CCCO1. The summed E-state index contributed by atoms with van der Waals surface area (Å²) in [5, 5.41) is 13.7. The standard InChI is InChI=1S/C19H21N5O3S2/c1-23-8-2-6-14(23)18(26)20-16(25)12-29-19-22-21-17(15-7-4-10-28-15)24(19)11-13-5-3-9-27-13/h2,4,6-8,10,13H,3,5,9,11-12H2,1H3,(H,20,25,26)/t13-/m1/s1. The van der Waals surface area contributed by atoms with Gasteiger partial charge in [-0.25, -0.2) is 0 Å². The van der Waals surface area contributed by atoms with Crippen LogP contribution in [0.2, 0.25) is 0 Å². The Balaban J connectivity index is 1.44. The van der Waals surface area contributed by atoms with E-state index >= 15 is 0 Å². The van der Waals surface area contributed by atoms with Crippen LogP contribution in [-0.2, 0) is 23.1 Å². The van der Waals surface area contributed by atoms with Gasteiger partial charge in [0.1, 0.15) is 5.69 Å². The number of nitrogens with zero attached hydrogens (tertiary/aromatic N) is 4. The number of hydrogen-bond acceptors (Lipinski definition) is 7. The van der Waals surface area contributed by atoms with Crippen molar-refractivity contribution in [2.45, 2.75) is 30.6 Å². The minimum Gasteiger partial charge on any atom is -0.376 e. The molecule has 0 saturated carbocycles. The Morgan fingerprint density at radius 3 is 2.93 bits per heavy atom. The number of ether oxygens (including phenoxy) is 1. The molecule has 0 bridgehead atoms. The molecule has 8 nitrogen and oxygen atoms in total. The molecule has 4 rings (SSSR count). The maximum atomic E-state index is 12.3. The number of aromatic nitrogens is 4. The van der Waals surface area contributed by atoms with Crippen molar-refractivity contribution in [2.24, 2.45) is 7.05 Å². The summed E-state index contributed by atoms with van der Waals surface area (Å²) in [7, 11) is 1.76. The number of thioether (sulfide) groups is 1. The maximum absolute atomic E-state index is 12.3. The van der Waals surface area contributed by atoms with E-state index in [9.17, 15) is 9.59 Å². The molecule has 1 aliphatic heterocycles. The minimum absolute atomic E-state index is 0.0737. The number of rotatable bonds is 7. The van der Waals surface area contributed by atoms with E-state index in [4.69, 9.17) is 4.74 Å². The van der Waals surface area contributed by atoms with E-state index in [1.54, 1.807) is 41.3 Å². The van der Waals surface area contributed by atoms with Gasteiger partial charge in [0.25, 0.3) is 5.91 Å². The molecule has 0 aliphatic carbocycles. The van der Waals surface area contributed by atoms with Crippen molar-refractivity contribution in [1.29, 1.82) is 0 Å². The zero-order valence-electron chi connectivity index (χ0n) is 15.9. The van der Waals surface area contributed by atoms with Crippen molar-refractivity contribution in [3.8, 4) is 10.7 Å². The Hall–Kier alpha value is -2.43. The molecular formula is C19H21N5O3S2. The molecule has 0 unspecified atom stereocenters. The number of imide groups is 1. The molecule has 1 N–H and O–H groups in total. The van der Waals surface area contributed by atoms with Gasteiger partial charge in [0.05, 0.1) is 23.3 Å². The molecule has 10 heteroatoms. The van der Waals surface area contributed by atoms with E-state index in [2.05, 4.69) is 15.5 Å². The molecule has 1 aliphatic rings. The highest BCUT2D eigenvalue weighted by atomic mass is 32.2. The Labute approximate surface area is 176 Å². The predicted molar refractivity (Wildman–Crippen MR) is 111 cm³/mol. The minimum atomic E-state index is -0.414. The number of hydrogen-bond donors (Lipinski definition) is 1. The molecule has 0 radical (unpaired) electrons. The van der Waals surface area contributed by atoms with Gasteiger partial charge in [0.2, 0.25) is 5.91 Å². The van der Waals surface area contributed by atoms with Crippen LogP contribution in [-0.4, -0.2) is 49.6 Å². The lowest BCUT2D eigenvalue weighted by Crippen LogP contribution is -2.33. The molecule has 1 atom stereocenters. The van der Waals surface area contributed by atoms with E-state index in [0.717, 1.165) is 30.2 Å². The first-order chi connectivity index (χ1) is 14.1. The number of nitrogens with one attached hydrogen (secondary N) is 1. The lowest BCUT2D eigenvalue weighted by atomic mass is 10.2. The first-order valence-electron chi connectivity index (χ1n) is 9.29. The third-order valence-electron chi connectivity index (χ3n) is 4.63. The fraction of sp³-hybridized carbons (Fsp3) is 0.368. The second-order valence-corrected chi connectivity index (χ2v) is 8.59. The zero-order valence-corrected chi connectivity index (χ0v) is 17.5. The number of carbonyl (C=O) groups excluding carboxylic acids is 2. The fourth-order valence-electron chi connectivity index (χ4n) is 3.19. The van der Waals surface area contributed by atoms with Crippen molar-refractivity contribution >= 4 is 34.9 Å². The summed E-state index contributed by atoms with van der Waals surface area (Å²) in [5.74, 6) is 0.0663. The second kappa shape index (κ2) is 8.93. The van der Waals surface area contributed by atoms with Gasteiger partial charge in [-0.05, 0) is 36.4 Å². The van der Waals surface area contributed by atoms with Gasteiger partial charge in [-0.15, -0.1) is 21.5 Å². The van der Waals surface area contributed by atoms with Crippen molar-refractivity contribution in [1.82, 2.24) is 24.6 Å². The van der Waals surface area contributed by atoms with Gasteiger partial charge in [0, 0.05) is 19.9 Å². The highest BCUT2D eigenvalue weighted by Crippen LogP contribution is 2.29. The van der Waals surface area contributed by atoms with Crippen LogP contribution in [0.25, 0.3) is 10.7 Å². The summed E-state index contributed by atoms with van der Waals surface area (Å²) in [4.78, 5) is 25.5. The maximum Gasteiger partial charge on any atom is 0.274 e. The average Bonchev–Trinajstić information content (AvgIpc) is 3.49. The van der Waals surface area contributed by atoms with E-state index in [1.807, 2.05) is 22.1 Å². The smallest absolute Gasteiger partial charge is 0.274 e. The van der Waals surface area contributed by atoms with Crippen molar-refractivity contribution in [2.75, 3.05) is 12.4 Å². The number of aryl methyl sites for hydroxylation is 1. The van der Waals surface area contributed by atoms with Gasteiger partial charge in [-0.2, -0.15) is 0 Å². The molecule has 2 amide bonds. The Bertz CT molecular complexity index is 990. The largest absolute Gasteiger partial charge is 0.376 e. The summed E-state index contributed by atoms with van der Waals surface area (Å²) in [6.45, 7) is 1.42. The normalized spacial score (nSPS) is 16.2. The molecule has 0 aromatic carbocycles. The zero-order chi connectivity index (χ0) is 20.2. The van der Waals surface area contributed by atoms with Crippen LogP contribution >= 0.6 is 23.1 Å². The van der Waals surface area contributed by atoms with Crippen molar-refractivity contribution in [3.05, 3.63) is 41.5 Å². The number of thiophene rings is 1. The van der Waals surface area contributed by atoms with Crippen LogP contribution in [0, 0.1) is 0 Å². The van der Waals surface area contributed by atoms with Crippen LogP contribution in [0.5, 0.6) is 0 Å². The van der Waals surface area contributed by atoms with Crippen molar-refractivity contribution < 1.29 is 14.3 Å². The Kier molecular flexibility index (Phi) is 6.12. The van der Waals surface area contributed by atoms with E-state index in [-0.39, 0.29) is 17.8 Å². The lowest BCUT2D eigenvalue weighted by Gasteiger charge is -2.14. The van der Waals surface area contributed by atoms with E-state index in [1.165, 1.54) is 11.8 Å². The first-order valence-corrected chi connectivity index (χ1v) is 11.2. The Morgan fingerprint density at radius 1 is 1.34 bits per heavy atom. The fourth-order valence-corrected chi connectivity index (χ4v) is 4.66. The predicted octanol–water partition coefficient (Wildman–Crippen LogP) is 2.57. The molecule has 4 heterocycles. The van der Waals surface area contributed by atoms with E-state index < -0.39 is 5.91 Å². The van der Waals surface area contributed by atoms with Crippen LogP contribution in [0.1, 0.15) is 23.3 Å². The summed E-state index contributed by atoms with van der Waals surface area (Å²) in [5.41, 5.74) is 0.435. The first kappa shape index (κ1) is 19.9. The van der Waals surface area contributed by atoms with Crippen molar-refractivity contribution in [3.63, 3.8) is 0 Å². The molecule has 3 aromatic rings. The molecule has 1 fully saturated rings. The number of amides is 2. The quantitative estimate of drug-likeness (QED) is 0.578. The molecule has 29 heavy (non-hydrogen) atoms. The van der Waals surface area contributed by atoms with Gasteiger partial charge >= 0.3 is 0 Å². The Morgan fingerprint density at radius 2 is 2.24 bits per heavy atom. The highest BCUT2D eigenvalue weighted by molar-refractivity contribution is 7.99.